The van der Waals surface area contributed by atoms with Crippen molar-refractivity contribution in [1.29, 1.82) is 0 Å². The van der Waals surface area contributed by atoms with Crippen LogP contribution in [0.25, 0.3) is 0 Å². The monoisotopic (exact) mass is 353 g/mol. The third-order valence-electron chi connectivity index (χ3n) is 5.29. The summed E-state index contributed by atoms with van der Waals surface area (Å²) in [7, 11) is 0. The fraction of sp³-hybridized carbons (Fsp3) is 0.429. The van der Waals surface area contributed by atoms with Crippen LogP contribution in [0.4, 0.5) is 11.4 Å². The largest absolute Gasteiger partial charge is 0.372 e. The minimum atomic E-state index is -0.224. The van der Waals surface area contributed by atoms with Gasteiger partial charge in [0.1, 0.15) is 5.69 Å². The molecule has 0 bridgehead atoms. The van der Waals surface area contributed by atoms with Crippen molar-refractivity contribution in [1.82, 2.24) is 4.98 Å². The van der Waals surface area contributed by atoms with Crippen LogP contribution in [-0.4, -0.2) is 29.8 Å². The molecule has 2 aromatic rings. The Morgan fingerprint density at radius 3 is 2.27 bits per heavy atom. The lowest BCUT2D eigenvalue weighted by atomic mass is 9.99. The van der Waals surface area contributed by atoms with Crippen molar-refractivity contribution in [2.45, 2.75) is 40.5 Å². The number of carbonyl (C=O) groups excluding carboxylic acids is 2. The maximum atomic E-state index is 12.6. The minimum absolute atomic E-state index is 0.0319. The Hall–Kier alpha value is -2.56. The Balaban J connectivity index is 1.70. The number of amides is 1. The number of nitrogens with one attached hydrogen (secondary N) is 2. The van der Waals surface area contributed by atoms with E-state index < -0.39 is 0 Å². The van der Waals surface area contributed by atoms with Gasteiger partial charge in [-0.3, -0.25) is 9.59 Å². The highest BCUT2D eigenvalue weighted by Crippen LogP contribution is 2.25. The molecule has 0 atom stereocenters. The molecule has 138 valence electrons. The summed E-state index contributed by atoms with van der Waals surface area (Å²) < 4.78 is 0. The van der Waals surface area contributed by atoms with E-state index in [2.05, 4.69) is 34.3 Å². The van der Waals surface area contributed by atoms with E-state index in [1.165, 1.54) is 25.5 Å². The van der Waals surface area contributed by atoms with E-state index in [1.807, 2.05) is 19.1 Å². The number of hydrogen-bond acceptors (Lipinski definition) is 3. The van der Waals surface area contributed by atoms with Crippen LogP contribution in [-0.2, 0) is 0 Å². The number of anilines is 2. The molecule has 1 aromatic carbocycles. The Labute approximate surface area is 154 Å². The molecule has 0 saturated carbocycles. The molecule has 0 unspecified atom stereocenters. The molecule has 5 heteroatoms. The number of aryl methyl sites for hydroxylation is 1. The van der Waals surface area contributed by atoms with Crippen LogP contribution in [0.1, 0.15) is 58.8 Å². The van der Waals surface area contributed by atoms with E-state index in [1.54, 1.807) is 6.92 Å². The highest BCUT2D eigenvalue weighted by Gasteiger charge is 2.20. The fourth-order valence-electron chi connectivity index (χ4n) is 3.72. The van der Waals surface area contributed by atoms with E-state index >= 15 is 0 Å². The number of benzene rings is 1. The van der Waals surface area contributed by atoms with Gasteiger partial charge in [-0.15, -0.1) is 0 Å². The predicted octanol–water partition coefficient (Wildman–Crippen LogP) is 4.32. The van der Waals surface area contributed by atoms with Gasteiger partial charge in [0.2, 0.25) is 0 Å². The number of H-pyrrole nitrogens is 1. The summed E-state index contributed by atoms with van der Waals surface area (Å²) in [6.07, 6.45) is 2.45. The van der Waals surface area contributed by atoms with E-state index in [-0.39, 0.29) is 11.7 Å². The minimum Gasteiger partial charge on any atom is -0.372 e. The van der Waals surface area contributed by atoms with Crippen LogP contribution in [0, 0.1) is 19.8 Å². The van der Waals surface area contributed by atoms with E-state index in [0.717, 1.165) is 30.4 Å². The van der Waals surface area contributed by atoms with Gasteiger partial charge in [-0.1, -0.05) is 6.92 Å². The number of Topliss-reactive ketones (excluding diaryl/α,β-unsaturated/α-hetero) is 1. The molecule has 1 aliphatic heterocycles. The van der Waals surface area contributed by atoms with Gasteiger partial charge in [-0.25, -0.2) is 0 Å². The lowest BCUT2D eigenvalue weighted by Gasteiger charge is -2.32. The van der Waals surface area contributed by atoms with Gasteiger partial charge < -0.3 is 15.2 Å². The first-order valence-corrected chi connectivity index (χ1v) is 9.23. The highest BCUT2D eigenvalue weighted by molar-refractivity contribution is 6.07. The molecule has 1 amide bonds. The van der Waals surface area contributed by atoms with Gasteiger partial charge >= 0.3 is 0 Å². The van der Waals surface area contributed by atoms with E-state index in [0.29, 0.717) is 16.8 Å². The van der Waals surface area contributed by atoms with Gasteiger partial charge in [0, 0.05) is 35.7 Å². The van der Waals surface area contributed by atoms with Gasteiger partial charge in [0.15, 0.2) is 5.78 Å². The first-order valence-electron chi connectivity index (χ1n) is 9.23. The lowest BCUT2D eigenvalue weighted by Crippen LogP contribution is -2.32. The number of aromatic amines is 1. The molecule has 1 saturated heterocycles. The zero-order valence-electron chi connectivity index (χ0n) is 16.0. The molecule has 1 fully saturated rings. The summed E-state index contributed by atoms with van der Waals surface area (Å²) in [5.41, 5.74) is 4.42. The Morgan fingerprint density at radius 1 is 1.12 bits per heavy atom. The quantitative estimate of drug-likeness (QED) is 0.805. The summed E-state index contributed by atoms with van der Waals surface area (Å²) in [4.78, 5) is 29.7. The Morgan fingerprint density at radius 2 is 1.73 bits per heavy atom. The van der Waals surface area contributed by atoms with E-state index in [9.17, 15) is 9.59 Å². The number of piperidine rings is 1. The molecule has 0 spiro atoms. The van der Waals surface area contributed by atoms with Crippen molar-refractivity contribution >= 4 is 23.1 Å². The zero-order chi connectivity index (χ0) is 18.8. The molecule has 1 aliphatic rings. The third-order valence-corrected chi connectivity index (χ3v) is 5.29. The predicted molar refractivity (Wildman–Crippen MR) is 105 cm³/mol. The Bertz CT molecular complexity index is 813. The maximum absolute atomic E-state index is 12.6. The lowest BCUT2D eigenvalue weighted by molar-refractivity contribution is 0.101. The molecule has 0 aliphatic carbocycles. The van der Waals surface area contributed by atoms with Gasteiger partial charge in [-0.05, 0) is 69.4 Å². The number of ketones is 1. The van der Waals surface area contributed by atoms with Crippen LogP contribution in [0.3, 0.4) is 0 Å². The summed E-state index contributed by atoms with van der Waals surface area (Å²) in [5, 5.41) is 2.92. The average Bonchev–Trinajstić information content (AvgIpc) is 2.91. The molecular formula is C21H27N3O2. The normalized spacial score (nSPS) is 15.2. The smallest absolute Gasteiger partial charge is 0.272 e. The molecule has 5 nitrogen and oxygen atoms in total. The number of nitrogens with zero attached hydrogens (tertiary/aromatic N) is 1. The van der Waals surface area contributed by atoms with Crippen molar-refractivity contribution in [3.05, 3.63) is 46.8 Å². The highest BCUT2D eigenvalue weighted by atomic mass is 16.2. The second-order valence-corrected chi connectivity index (χ2v) is 7.35. The van der Waals surface area contributed by atoms with Crippen LogP contribution in [0.15, 0.2) is 24.3 Å². The average molecular weight is 353 g/mol. The SMILES string of the molecule is CC(=O)c1c(C)[nH]c(C(=O)Nc2ccc(N3CCC(C)CC3)cc2)c1C. The third kappa shape index (κ3) is 3.66. The molecule has 2 heterocycles. The first-order chi connectivity index (χ1) is 12.4. The van der Waals surface area contributed by atoms with Crippen molar-refractivity contribution in [3.8, 4) is 0 Å². The van der Waals surface area contributed by atoms with E-state index in [4.69, 9.17) is 0 Å². The van der Waals surface area contributed by atoms with Crippen molar-refractivity contribution in [2.24, 2.45) is 5.92 Å². The number of hydrogen-bond donors (Lipinski definition) is 2. The number of rotatable bonds is 4. The summed E-state index contributed by atoms with van der Waals surface area (Å²) >= 11 is 0. The van der Waals surface area contributed by atoms with Crippen LogP contribution in [0.5, 0.6) is 0 Å². The second-order valence-electron chi connectivity index (χ2n) is 7.35. The first kappa shape index (κ1) is 18.2. The van der Waals surface area contributed by atoms with Gasteiger partial charge in [-0.2, -0.15) is 0 Å². The topological polar surface area (TPSA) is 65.2 Å². The van der Waals surface area contributed by atoms with Crippen molar-refractivity contribution in [2.75, 3.05) is 23.3 Å². The fourth-order valence-corrected chi connectivity index (χ4v) is 3.72. The number of aromatic nitrogens is 1. The summed E-state index contributed by atoms with van der Waals surface area (Å²) in [6.45, 7) is 9.61. The van der Waals surface area contributed by atoms with Gasteiger partial charge in [0.05, 0.1) is 0 Å². The molecule has 0 radical (unpaired) electrons. The van der Waals surface area contributed by atoms with Gasteiger partial charge in [0.25, 0.3) is 5.91 Å². The van der Waals surface area contributed by atoms with Crippen LogP contribution < -0.4 is 10.2 Å². The Kier molecular flexibility index (Phi) is 5.16. The number of carbonyl (C=O) groups is 2. The summed E-state index contributed by atoms with van der Waals surface area (Å²) in [6, 6.07) is 7.98. The maximum Gasteiger partial charge on any atom is 0.272 e. The summed E-state index contributed by atoms with van der Waals surface area (Å²) in [5.74, 6) is 0.547. The molecule has 26 heavy (non-hydrogen) atoms. The standard InChI is InChI=1S/C21H27N3O2/c1-13-9-11-24(12-10-13)18-7-5-17(6-8-18)23-21(26)20-14(2)19(16(4)25)15(3)22-20/h5-8,13,22H,9-12H2,1-4H3,(H,23,26). The van der Waals surface area contributed by atoms with Crippen molar-refractivity contribution < 1.29 is 9.59 Å². The van der Waals surface area contributed by atoms with Crippen LogP contribution in [0.2, 0.25) is 0 Å². The molecule has 1 aromatic heterocycles. The van der Waals surface area contributed by atoms with Crippen LogP contribution >= 0.6 is 0 Å². The molecular weight excluding hydrogens is 326 g/mol. The molecule has 2 N–H and O–H groups in total. The second kappa shape index (κ2) is 7.36. The molecule has 3 rings (SSSR count). The zero-order valence-corrected chi connectivity index (χ0v) is 16.0. The van der Waals surface area contributed by atoms with Crippen molar-refractivity contribution in [3.63, 3.8) is 0 Å².